The summed E-state index contributed by atoms with van der Waals surface area (Å²) < 4.78 is 36.6. The van der Waals surface area contributed by atoms with Gasteiger partial charge < -0.3 is 54.6 Å². The number of aliphatic hydroxyl groups is 4. The molecule has 0 amide bonds. The Morgan fingerprint density at radius 3 is 2.29 bits per heavy atom. The molecular formula is C37H47NO13. The fourth-order valence-electron chi connectivity index (χ4n) is 9.59. The number of hydrogen-bond acceptors (Lipinski definition) is 14. The maximum Gasteiger partial charge on any atom is 0.210 e. The minimum atomic E-state index is -2.98. The number of fused-ring (bicyclic) bond motifs is 2. The Kier molecular flexibility index (Phi) is 8.38. The first kappa shape index (κ1) is 35.6. The van der Waals surface area contributed by atoms with Crippen LogP contribution in [0.3, 0.4) is 0 Å². The highest BCUT2D eigenvalue weighted by Gasteiger charge is 2.99. The monoisotopic (exact) mass is 713 g/mol. The van der Waals surface area contributed by atoms with E-state index >= 15 is 0 Å². The molecule has 51 heavy (non-hydrogen) atoms. The number of aliphatic hydroxyl groups excluding tert-OH is 2. The van der Waals surface area contributed by atoms with E-state index in [1.54, 1.807) is 26.8 Å². The standard InChI is InChI=1S/C37H47NO13/c1-16-11-27(40)36(45)34(44,15-16)33(50-29-9-7-24(38)18(3)47-29)32(43)35-30(41)23-13-20(5-6-22(23)31(42)37(35,36)51-35)26-14-21(12-17(2)46-26)49-28-10-8-25(39)19(4)48-28/h5-6,11,13,17-19,21,24-26,28-29,32-33,39,43-45H,7-10,12,14-15,38H2,1-4H3/t17-,18+,19-,21-,24+,25-,26+,28-,29+,32?,33+,34+,35-,36+,37-/m0/s1. The van der Waals surface area contributed by atoms with Crippen molar-refractivity contribution >= 4 is 17.3 Å². The quantitative estimate of drug-likeness (QED) is 0.270. The molecule has 8 rings (SSSR count). The highest BCUT2D eigenvalue weighted by Crippen LogP contribution is 2.70. The topological polar surface area (TPSA) is 217 Å². The van der Waals surface area contributed by atoms with E-state index in [0.717, 1.165) is 6.08 Å². The third-order valence-electron chi connectivity index (χ3n) is 12.4. The highest BCUT2D eigenvalue weighted by molar-refractivity contribution is 6.29. The molecule has 5 fully saturated rings. The summed E-state index contributed by atoms with van der Waals surface area (Å²) in [5, 5.41) is 47.0. The first-order valence-corrected chi connectivity index (χ1v) is 18.1. The molecule has 0 aromatic heterocycles. The Morgan fingerprint density at radius 1 is 0.863 bits per heavy atom. The molecule has 4 saturated heterocycles. The number of carbonyl (C=O) groups is 3. The van der Waals surface area contributed by atoms with Crippen LogP contribution in [0.5, 0.6) is 0 Å². The zero-order valence-corrected chi connectivity index (χ0v) is 29.2. The van der Waals surface area contributed by atoms with E-state index in [1.165, 1.54) is 12.1 Å². The third-order valence-corrected chi connectivity index (χ3v) is 12.4. The van der Waals surface area contributed by atoms with Gasteiger partial charge in [-0.3, -0.25) is 14.4 Å². The first-order chi connectivity index (χ1) is 24.1. The Balaban J connectivity index is 1.14. The lowest BCUT2D eigenvalue weighted by Crippen LogP contribution is -2.84. The van der Waals surface area contributed by atoms with E-state index in [0.29, 0.717) is 43.2 Å². The zero-order chi connectivity index (χ0) is 36.4. The van der Waals surface area contributed by atoms with Gasteiger partial charge >= 0.3 is 0 Å². The zero-order valence-electron chi connectivity index (χ0n) is 29.2. The highest BCUT2D eigenvalue weighted by atomic mass is 16.7. The average Bonchev–Trinajstić information content (AvgIpc) is 3.81. The van der Waals surface area contributed by atoms with E-state index in [9.17, 15) is 34.8 Å². The molecule has 4 heterocycles. The summed E-state index contributed by atoms with van der Waals surface area (Å²) >= 11 is 0. The molecule has 7 aliphatic rings. The molecule has 278 valence electrons. The fraction of sp³-hybridized carbons (Fsp3) is 0.703. The maximum atomic E-state index is 14.7. The van der Waals surface area contributed by atoms with Crippen LogP contribution in [0.2, 0.25) is 0 Å². The summed E-state index contributed by atoms with van der Waals surface area (Å²) in [6, 6.07) is 4.33. The SMILES string of the molecule is CC1=CC(=O)[C@]2(O)[C@@]34O[C@@]3(C(=O)c3cc([C@H]5C[C@@H](O[C@H]6CC[C@H](O)[C@H](C)O6)C[C@H](C)O5)ccc3C4=O)C(O)[C@@H](O[C@@H]3CC[C@@H](N)[C@@H](C)O3)[C@]2(O)C1. The summed E-state index contributed by atoms with van der Waals surface area (Å²) in [6.07, 6.45) is -3.89. The number of carbonyl (C=O) groups excluding carboxylic acids is 3. The number of epoxide rings is 1. The van der Waals surface area contributed by atoms with Gasteiger partial charge in [-0.15, -0.1) is 0 Å². The molecule has 0 radical (unpaired) electrons. The van der Waals surface area contributed by atoms with Crippen molar-refractivity contribution in [1.29, 1.82) is 0 Å². The molecule has 3 aliphatic carbocycles. The minimum absolute atomic E-state index is 0.0707. The van der Waals surface area contributed by atoms with Crippen molar-refractivity contribution in [3.63, 3.8) is 0 Å². The van der Waals surface area contributed by atoms with Crippen molar-refractivity contribution in [3.05, 3.63) is 46.5 Å². The second kappa shape index (κ2) is 12.0. The second-order valence-corrected chi connectivity index (χ2v) is 15.7. The molecular weight excluding hydrogens is 666 g/mol. The van der Waals surface area contributed by atoms with Crippen LogP contribution in [0.25, 0.3) is 0 Å². The molecule has 0 bridgehead atoms. The summed E-state index contributed by atoms with van der Waals surface area (Å²) in [4.78, 5) is 43.2. The molecule has 1 saturated carbocycles. The predicted molar refractivity (Wildman–Crippen MR) is 174 cm³/mol. The Labute approximate surface area is 295 Å². The number of ketones is 3. The van der Waals surface area contributed by atoms with Crippen LogP contribution in [0.4, 0.5) is 0 Å². The van der Waals surface area contributed by atoms with Gasteiger partial charge in [0, 0.05) is 36.4 Å². The summed E-state index contributed by atoms with van der Waals surface area (Å²) in [5.74, 6) is -2.75. The van der Waals surface area contributed by atoms with Crippen molar-refractivity contribution in [2.75, 3.05) is 0 Å². The molecule has 1 unspecified atom stereocenters. The molecule has 1 aromatic carbocycles. The Hall–Kier alpha value is -2.47. The normalized spacial score (nSPS) is 49.3. The molecule has 1 aromatic rings. The largest absolute Gasteiger partial charge is 0.390 e. The number of ether oxygens (including phenoxy) is 6. The van der Waals surface area contributed by atoms with Gasteiger partial charge in [0.1, 0.15) is 17.8 Å². The lowest BCUT2D eigenvalue weighted by molar-refractivity contribution is -0.305. The number of Topliss-reactive ketones (excluding diaryl/α,β-unsaturated/α-hetero) is 2. The number of rotatable bonds is 5. The van der Waals surface area contributed by atoms with E-state index in [-0.39, 0.29) is 48.3 Å². The number of hydrogen-bond donors (Lipinski definition) is 5. The Bertz CT molecular complexity index is 1680. The smallest absolute Gasteiger partial charge is 0.210 e. The van der Waals surface area contributed by atoms with Crippen LogP contribution in [-0.4, -0.2) is 122 Å². The van der Waals surface area contributed by atoms with Gasteiger partial charge in [0.05, 0.1) is 36.6 Å². The Morgan fingerprint density at radius 2 is 1.57 bits per heavy atom. The van der Waals surface area contributed by atoms with Crippen LogP contribution >= 0.6 is 0 Å². The third kappa shape index (κ3) is 4.85. The van der Waals surface area contributed by atoms with E-state index in [2.05, 4.69) is 0 Å². The van der Waals surface area contributed by atoms with Gasteiger partial charge in [-0.1, -0.05) is 17.7 Å². The van der Waals surface area contributed by atoms with Gasteiger partial charge in [0.25, 0.3) is 0 Å². The molecule has 15 atom stereocenters. The summed E-state index contributed by atoms with van der Waals surface area (Å²) in [7, 11) is 0. The molecule has 14 nitrogen and oxygen atoms in total. The summed E-state index contributed by atoms with van der Waals surface area (Å²) in [5.41, 5.74) is -3.70. The molecule has 14 heteroatoms. The van der Waals surface area contributed by atoms with Crippen LogP contribution in [-0.2, 0) is 33.2 Å². The van der Waals surface area contributed by atoms with E-state index in [1.807, 2.05) is 6.92 Å². The van der Waals surface area contributed by atoms with Crippen molar-refractivity contribution in [1.82, 2.24) is 0 Å². The van der Waals surface area contributed by atoms with Gasteiger partial charge in [-0.25, -0.2) is 0 Å². The van der Waals surface area contributed by atoms with Crippen LogP contribution in [0.1, 0.15) is 105 Å². The predicted octanol–water partition coefficient (Wildman–Crippen LogP) is 1.08. The number of nitrogens with two attached hydrogens (primary N) is 1. The fourth-order valence-corrected chi connectivity index (χ4v) is 9.59. The maximum absolute atomic E-state index is 14.7. The van der Waals surface area contributed by atoms with Gasteiger partial charge in [0.15, 0.2) is 24.0 Å². The van der Waals surface area contributed by atoms with Crippen LogP contribution in [0, 0.1) is 0 Å². The van der Waals surface area contributed by atoms with E-state index < -0.39 is 82.9 Å². The van der Waals surface area contributed by atoms with Crippen molar-refractivity contribution < 1.29 is 63.2 Å². The van der Waals surface area contributed by atoms with Crippen LogP contribution < -0.4 is 5.73 Å². The van der Waals surface area contributed by atoms with Gasteiger partial charge in [-0.2, -0.15) is 0 Å². The first-order valence-electron chi connectivity index (χ1n) is 18.1. The van der Waals surface area contributed by atoms with Gasteiger partial charge in [-0.05, 0) is 71.1 Å². The average molecular weight is 714 g/mol. The van der Waals surface area contributed by atoms with E-state index in [4.69, 9.17) is 34.2 Å². The van der Waals surface area contributed by atoms with Crippen LogP contribution in [0.15, 0.2) is 29.8 Å². The van der Waals surface area contributed by atoms with Crippen molar-refractivity contribution in [3.8, 4) is 0 Å². The van der Waals surface area contributed by atoms with Crippen molar-refractivity contribution in [2.45, 2.75) is 162 Å². The van der Waals surface area contributed by atoms with Crippen molar-refractivity contribution in [2.24, 2.45) is 5.73 Å². The number of benzene rings is 1. The summed E-state index contributed by atoms with van der Waals surface area (Å²) in [6.45, 7) is 7.05. The lowest BCUT2D eigenvalue weighted by Gasteiger charge is -2.56. The molecule has 0 spiro atoms. The lowest BCUT2D eigenvalue weighted by atomic mass is 9.49. The molecule has 6 N–H and O–H groups in total. The second-order valence-electron chi connectivity index (χ2n) is 15.7. The van der Waals surface area contributed by atoms with Gasteiger partial charge in [0.2, 0.25) is 22.8 Å². The minimum Gasteiger partial charge on any atom is -0.390 e. The molecule has 4 aliphatic heterocycles.